The summed E-state index contributed by atoms with van der Waals surface area (Å²) in [5, 5.41) is 4.39. The number of hydrogen-bond acceptors (Lipinski definition) is 3. The van der Waals surface area contributed by atoms with Crippen molar-refractivity contribution in [3.8, 4) is 11.5 Å². The molecule has 0 radical (unpaired) electrons. The Morgan fingerprint density at radius 2 is 1.75 bits per heavy atom. The Hall–Kier alpha value is -1.95. The Balaban J connectivity index is 1.74. The number of rotatable bonds is 7. The second-order valence-corrected chi connectivity index (χ2v) is 7.73. The van der Waals surface area contributed by atoms with Gasteiger partial charge in [0.25, 0.3) is 0 Å². The lowest BCUT2D eigenvalue weighted by Gasteiger charge is -2.15. The highest BCUT2D eigenvalue weighted by molar-refractivity contribution is 9.10. The van der Waals surface area contributed by atoms with Crippen LogP contribution in [0.1, 0.15) is 11.1 Å². The molecule has 0 heterocycles. The van der Waals surface area contributed by atoms with Gasteiger partial charge >= 0.3 is 0 Å². The number of benzene rings is 3. The van der Waals surface area contributed by atoms with Crippen LogP contribution in [0.3, 0.4) is 0 Å². The second-order valence-electron chi connectivity index (χ2n) is 6.00. The molecule has 0 aliphatic heterocycles. The summed E-state index contributed by atoms with van der Waals surface area (Å²) >= 11 is 15.6. The monoisotopic (exact) mass is 483 g/mol. The summed E-state index contributed by atoms with van der Waals surface area (Å²) in [6, 6.07) is 15.5. The van der Waals surface area contributed by atoms with Crippen molar-refractivity contribution in [3.63, 3.8) is 0 Å². The molecular weight excluding hydrogens is 468 g/mol. The van der Waals surface area contributed by atoms with E-state index in [0.29, 0.717) is 38.1 Å². The number of halogens is 4. The third-order valence-electron chi connectivity index (χ3n) is 3.98. The van der Waals surface area contributed by atoms with Crippen LogP contribution in [0.4, 0.5) is 10.1 Å². The minimum atomic E-state index is -0.307. The van der Waals surface area contributed by atoms with Gasteiger partial charge in [-0.05, 0) is 57.9 Å². The predicted octanol–water partition coefficient (Wildman–Crippen LogP) is 7.09. The second kappa shape index (κ2) is 9.50. The molecule has 0 spiro atoms. The largest absolute Gasteiger partial charge is 0.493 e. The summed E-state index contributed by atoms with van der Waals surface area (Å²) in [6.45, 7) is 0.624. The highest BCUT2D eigenvalue weighted by Crippen LogP contribution is 2.37. The van der Waals surface area contributed by atoms with Gasteiger partial charge in [0.15, 0.2) is 11.5 Å². The Kier molecular flexibility index (Phi) is 7.05. The molecule has 0 fully saturated rings. The van der Waals surface area contributed by atoms with Crippen LogP contribution in [0.5, 0.6) is 11.5 Å². The highest BCUT2D eigenvalue weighted by atomic mass is 79.9. The fourth-order valence-electron chi connectivity index (χ4n) is 2.64. The van der Waals surface area contributed by atoms with Gasteiger partial charge in [0, 0.05) is 27.8 Å². The fourth-order valence-corrected chi connectivity index (χ4v) is 3.77. The number of nitrogens with one attached hydrogen (secondary N) is 1. The van der Waals surface area contributed by atoms with Crippen LogP contribution < -0.4 is 14.8 Å². The van der Waals surface area contributed by atoms with Crippen LogP contribution in [0, 0.1) is 5.82 Å². The molecule has 0 saturated carbocycles. The fraction of sp³-hybridized carbons (Fsp3) is 0.143. The number of anilines is 1. The summed E-state index contributed by atoms with van der Waals surface area (Å²) in [4.78, 5) is 0. The van der Waals surface area contributed by atoms with Crippen LogP contribution >= 0.6 is 39.1 Å². The van der Waals surface area contributed by atoms with E-state index >= 15 is 0 Å². The van der Waals surface area contributed by atoms with Crippen molar-refractivity contribution in [2.24, 2.45) is 0 Å². The van der Waals surface area contributed by atoms with Crippen LogP contribution in [0.25, 0.3) is 0 Å². The van der Waals surface area contributed by atoms with E-state index in [0.717, 1.165) is 11.3 Å². The third kappa shape index (κ3) is 5.31. The van der Waals surface area contributed by atoms with Gasteiger partial charge in [-0.15, -0.1) is 0 Å². The molecule has 0 unspecified atom stereocenters. The Morgan fingerprint density at radius 1 is 1.04 bits per heavy atom. The Morgan fingerprint density at radius 3 is 2.43 bits per heavy atom. The molecule has 0 aliphatic carbocycles. The molecular formula is C21H17BrCl2FNO2. The van der Waals surface area contributed by atoms with Crippen molar-refractivity contribution >= 4 is 44.8 Å². The predicted molar refractivity (Wildman–Crippen MR) is 115 cm³/mol. The minimum Gasteiger partial charge on any atom is -0.493 e. The normalized spacial score (nSPS) is 10.6. The van der Waals surface area contributed by atoms with Gasteiger partial charge in [0.1, 0.15) is 12.4 Å². The molecule has 0 aromatic heterocycles. The van der Waals surface area contributed by atoms with E-state index in [-0.39, 0.29) is 12.4 Å². The van der Waals surface area contributed by atoms with Crippen molar-refractivity contribution in [2.45, 2.75) is 13.2 Å². The van der Waals surface area contributed by atoms with E-state index in [1.807, 2.05) is 12.1 Å². The Labute approximate surface area is 181 Å². The molecule has 1 N–H and O–H groups in total. The molecule has 3 rings (SSSR count). The molecule has 0 aliphatic rings. The SMILES string of the molecule is COc1cc(CNc2cc(Cl)cc(Cl)c2)cc(Br)c1OCc1ccccc1F. The molecule has 3 nitrogen and oxygen atoms in total. The van der Waals surface area contributed by atoms with Gasteiger partial charge in [-0.3, -0.25) is 0 Å². The van der Waals surface area contributed by atoms with Gasteiger partial charge in [0.05, 0.1) is 11.6 Å². The molecule has 0 bridgehead atoms. The molecule has 0 saturated heterocycles. The standard InChI is InChI=1S/C21H17BrCl2FNO2/c1-27-20-7-13(11-26-17-9-15(23)8-16(24)10-17)6-18(22)21(20)28-12-14-4-2-3-5-19(14)25/h2-10,26H,11-12H2,1H3. The molecule has 0 amide bonds. The highest BCUT2D eigenvalue weighted by Gasteiger charge is 2.13. The lowest BCUT2D eigenvalue weighted by molar-refractivity contribution is 0.277. The zero-order valence-corrected chi connectivity index (χ0v) is 18.0. The summed E-state index contributed by atoms with van der Waals surface area (Å²) in [5.41, 5.74) is 2.24. The van der Waals surface area contributed by atoms with Gasteiger partial charge in [-0.25, -0.2) is 4.39 Å². The summed E-state index contributed by atoms with van der Waals surface area (Å²) in [7, 11) is 1.56. The molecule has 7 heteroatoms. The van der Waals surface area contributed by atoms with Gasteiger partial charge < -0.3 is 14.8 Å². The molecule has 146 valence electrons. The average Bonchev–Trinajstić information content (AvgIpc) is 2.65. The lowest BCUT2D eigenvalue weighted by atomic mass is 10.2. The summed E-state index contributed by atoms with van der Waals surface area (Å²) < 4.78 is 25.8. The zero-order valence-electron chi connectivity index (χ0n) is 14.9. The lowest BCUT2D eigenvalue weighted by Crippen LogP contribution is -2.03. The maximum absolute atomic E-state index is 13.8. The topological polar surface area (TPSA) is 30.5 Å². The van der Waals surface area contributed by atoms with Crippen molar-refractivity contribution in [3.05, 3.63) is 86.1 Å². The first kappa shape index (κ1) is 20.8. The summed E-state index contributed by atoms with van der Waals surface area (Å²) in [5.74, 6) is 0.755. The Bertz CT molecular complexity index is 964. The van der Waals surface area contributed by atoms with Crippen molar-refractivity contribution in [1.82, 2.24) is 0 Å². The van der Waals surface area contributed by atoms with Gasteiger partial charge in [-0.1, -0.05) is 41.4 Å². The van der Waals surface area contributed by atoms with E-state index in [2.05, 4.69) is 21.2 Å². The molecule has 28 heavy (non-hydrogen) atoms. The molecule has 0 atom stereocenters. The average molecular weight is 485 g/mol. The van der Waals surface area contributed by atoms with E-state index in [4.69, 9.17) is 32.7 Å². The summed E-state index contributed by atoms with van der Waals surface area (Å²) in [6.07, 6.45) is 0. The quantitative estimate of drug-likeness (QED) is 0.388. The van der Waals surface area contributed by atoms with Crippen molar-refractivity contribution < 1.29 is 13.9 Å². The maximum Gasteiger partial charge on any atom is 0.175 e. The number of ether oxygens (including phenoxy) is 2. The minimum absolute atomic E-state index is 0.0975. The molecule has 3 aromatic carbocycles. The molecule has 3 aromatic rings. The van der Waals surface area contributed by atoms with Crippen molar-refractivity contribution in [2.75, 3.05) is 12.4 Å². The smallest absolute Gasteiger partial charge is 0.175 e. The van der Waals surface area contributed by atoms with E-state index in [9.17, 15) is 4.39 Å². The van der Waals surface area contributed by atoms with Crippen LogP contribution in [0.2, 0.25) is 10.0 Å². The third-order valence-corrected chi connectivity index (χ3v) is 5.00. The van der Waals surface area contributed by atoms with E-state index < -0.39 is 0 Å². The van der Waals surface area contributed by atoms with Crippen LogP contribution in [0.15, 0.2) is 59.1 Å². The van der Waals surface area contributed by atoms with E-state index in [1.165, 1.54) is 6.07 Å². The number of methoxy groups -OCH3 is 1. The first-order chi connectivity index (χ1) is 13.5. The first-order valence-corrected chi connectivity index (χ1v) is 9.93. The maximum atomic E-state index is 13.8. The van der Waals surface area contributed by atoms with Crippen LogP contribution in [-0.4, -0.2) is 7.11 Å². The zero-order chi connectivity index (χ0) is 20.1. The van der Waals surface area contributed by atoms with Crippen molar-refractivity contribution in [1.29, 1.82) is 0 Å². The van der Waals surface area contributed by atoms with Gasteiger partial charge in [-0.2, -0.15) is 0 Å². The van der Waals surface area contributed by atoms with Gasteiger partial charge in [0.2, 0.25) is 0 Å². The van der Waals surface area contributed by atoms with Crippen LogP contribution in [-0.2, 0) is 13.2 Å². The number of hydrogen-bond donors (Lipinski definition) is 1. The van der Waals surface area contributed by atoms with E-state index in [1.54, 1.807) is 43.5 Å². The first-order valence-electron chi connectivity index (χ1n) is 8.39.